The first-order chi connectivity index (χ1) is 11.5. The molecule has 6 nitrogen and oxygen atoms in total. The van der Waals surface area contributed by atoms with Gasteiger partial charge in [-0.25, -0.2) is 16.8 Å². The molecule has 0 unspecified atom stereocenters. The third-order valence-electron chi connectivity index (χ3n) is 3.70. The van der Waals surface area contributed by atoms with Crippen LogP contribution in [0, 0.1) is 5.92 Å². The third kappa shape index (κ3) is 20.4. The number of nitrogens with zero attached hydrogens (tertiary/aromatic N) is 1. The van der Waals surface area contributed by atoms with Crippen molar-refractivity contribution in [3.05, 3.63) is 0 Å². The number of sulfone groups is 1. The maximum atomic E-state index is 10.9. The third-order valence-corrected chi connectivity index (χ3v) is 7.47. The minimum absolute atomic E-state index is 0.312. The molecule has 168 valence electrons. The molecule has 8 heteroatoms. The summed E-state index contributed by atoms with van der Waals surface area (Å²) in [4.78, 5) is 0. The fraction of sp³-hybridized carbons (Fsp3) is 1.00. The van der Waals surface area contributed by atoms with Crippen molar-refractivity contribution in [2.24, 2.45) is 5.92 Å². The first-order valence-corrected chi connectivity index (χ1v) is 13.0. The summed E-state index contributed by atoms with van der Waals surface area (Å²) in [5, 5.41) is 0. The van der Waals surface area contributed by atoms with Gasteiger partial charge < -0.3 is 4.74 Å². The van der Waals surface area contributed by atoms with Crippen LogP contribution in [0.2, 0.25) is 0 Å². The predicted molar refractivity (Wildman–Crippen MR) is 117 cm³/mol. The summed E-state index contributed by atoms with van der Waals surface area (Å²) in [5.41, 5.74) is -0.312. The van der Waals surface area contributed by atoms with E-state index >= 15 is 0 Å². The topological polar surface area (TPSA) is 80.8 Å². The van der Waals surface area contributed by atoms with Crippen molar-refractivity contribution in [3.63, 3.8) is 0 Å². The number of ether oxygens (including phenoxy) is 1. The first kappa shape index (κ1) is 31.5. The van der Waals surface area contributed by atoms with Crippen LogP contribution in [0.25, 0.3) is 0 Å². The van der Waals surface area contributed by atoms with E-state index in [-0.39, 0.29) is 5.54 Å². The lowest BCUT2D eigenvalue weighted by Crippen LogP contribution is -2.41. The smallest absolute Gasteiger partial charge is 0.211 e. The highest BCUT2D eigenvalue weighted by atomic mass is 32.2. The predicted octanol–water partition coefficient (Wildman–Crippen LogP) is 3.96. The highest BCUT2D eigenvalue weighted by molar-refractivity contribution is 7.92. The molecule has 0 saturated carbocycles. The molecule has 0 bridgehead atoms. The van der Waals surface area contributed by atoms with Gasteiger partial charge in [-0.3, -0.25) is 0 Å². The summed E-state index contributed by atoms with van der Waals surface area (Å²) < 4.78 is 49.2. The molecule has 0 saturated heterocycles. The lowest BCUT2D eigenvalue weighted by Gasteiger charge is -2.29. The zero-order valence-electron chi connectivity index (χ0n) is 19.9. The highest BCUT2D eigenvalue weighted by Crippen LogP contribution is 2.13. The highest BCUT2D eigenvalue weighted by Gasteiger charge is 2.24. The molecule has 0 N–H and O–H groups in total. The second-order valence-electron chi connectivity index (χ2n) is 9.39. The van der Waals surface area contributed by atoms with Gasteiger partial charge in [0.25, 0.3) is 0 Å². The Hall–Kier alpha value is -0.180. The molecule has 0 aromatic carbocycles. The van der Waals surface area contributed by atoms with Crippen molar-refractivity contribution in [3.8, 4) is 0 Å². The van der Waals surface area contributed by atoms with E-state index in [2.05, 4.69) is 27.7 Å². The summed E-state index contributed by atoms with van der Waals surface area (Å²) in [6, 6.07) is 0. The van der Waals surface area contributed by atoms with Crippen molar-refractivity contribution in [1.82, 2.24) is 4.31 Å². The van der Waals surface area contributed by atoms with Crippen LogP contribution in [-0.4, -0.2) is 63.7 Å². The Balaban J connectivity index is -0.000000322. The molecular weight excluding hydrogens is 386 g/mol. The lowest BCUT2D eigenvalue weighted by molar-refractivity contribution is 0.0710. The van der Waals surface area contributed by atoms with Gasteiger partial charge in [0.05, 0.1) is 17.1 Å². The van der Waals surface area contributed by atoms with Gasteiger partial charge in [0.15, 0.2) is 9.84 Å². The van der Waals surface area contributed by atoms with Crippen molar-refractivity contribution in [2.45, 2.75) is 92.0 Å². The summed E-state index contributed by atoms with van der Waals surface area (Å²) in [7, 11) is -4.29. The Morgan fingerprint density at radius 3 is 1.30 bits per heavy atom. The van der Waals surface area contributed by atoms with E-state index in [1.54, 1.807) is 27.8 Å². The largest absolute Gasteiger partial charge is 0.379 e. The van der Waals surface area contributed by atoms with Gasteiger partial charge in [0, 0.05) is 25.4 Å². The van der Waals surface area contributed by atoms with Crippen LogP contribution in [0.1, 0.15) is 75.7 Å². The summed E-state index contributed by atoms with van der Waals surface area (Å²) in [6.45, 7) is 20.1. The van der Waals surface area contributed by atoms with E-state index in [4.69, 9.17) is 4.74 Å². The standard InChI is InChI=1S/C8H18O.C6H15NO2S.C5H12O2S/c1-7(2)5-6-9-8(3)4;1-6(2,3)7(4)10(5,8)9;1-5(2,3)8(4,6)7/h7-8H,5-6H2,1-4H3;1-5H3;1-4H3. The molecule has 0 amide bonds. The number of hydrogen-bond donors (Lipinski definition) is 0. The van der Waals surface area contributed by atoms with Gasteiger partial charge in [-0.2, -0.15) is 4.31 Å². The Morgan fingerprint density at radius 1 is 0.852 bits per heavy atom. The van der Waals surface area contributed by atoms with Crippen molar-refractivity contribution >= 4 is 19.9 Å². The molecule has 0 aliphatic rings. The van der Waals surface area contributed by atoms with Crippen LogP contribution < -0.4 is 0 Å². The minimum atomic E-state index is -3.03. The van der Waals surface area contributed by atoms with Gasteiger partial charge in [0.1, 0.15) is 0 Å². The molecule has 0 fully saturated rings. The molecule has 0 aliphatic heterocycles. The fourth-order valence-corrected chi connectivity index (χ4v) is 2.03. The molecule has 0 aliphatic carbocycles. The summed E-state index contributed by atoms with van der Waals surface area (Å²) in [5.74, 6) is 0.767. The molecule has 0 aromatic heterocycles. The van der Waals surface area contributed by atoms with E-state index in [1.807, 2.05) is 20.8 Å². The monoisotopic (exact) mass is 431 g/mol. The molecule has 0 spiro atoms. The van der Waals surface area contributed by atoms with Crippen LogP contribution in [-0.2, 0) is 24.6 Å². The summed E-state index contributed by atoms with van der Waals surface area (Å²) in [6.07, 6.45) is 4.02. The minimum Gasteiger partial charge on any atom is -0.379 e. The van der Waals surface area contributed by atoms with E-state index < -0.39 is 24.6 Å². The van der Waals surface area contributed by atoms with Crippen LogP contribution >= 0.6 is 0 Å². The van der Waals surface area contributed by atoms with Crippen molar-refractivity contribution in [1.29, 1.82) is 0 Å². The van der Waals surface area contributed by atoms with Gasteiger partial charge >= 0.3 is 0 Å². The number of rotatable bonds is 5. The van der Waals surface area contributed by atoms with Gasteiger partial charge in [-0.1, -0.05) is 13.8 Å². The zero-order valence-corrected chi connectivity index (χ0v) is 21.5. The Bertz CT molecular complexity index is 573. The quantitative estimate of drug-likeness (QED) is 0.658. The Kier molecular flexibility index (Phi) is 14.5. The normalized spacial score (nSPS) is 13.2. The number of hydrogen-bond acceptors (Lipinski definition) is 5. The van der Waals surface area contributed by atoms with Gasteiger partial charge in [-0.15, -0.1) is 0 Å². The average molecular weight is 432 g/mol. The van der Waals surface area contributed by atoms with Crippen LogP contribution in [0.4, 0.5) is 0 Å². The number of sulfonamides is 1. The summed E-state index contributed by atoms with van der Waals surface area (Å²) >= 11 is 0. The van der Waals surface area contributed by atoms with Gasteiger partial charge in [-0.05, 0) is 67.7 Å². The Morgan fingerprint density at radius 2 is 1.19 bits per heavy atom. The molecule has 0 radical (unpaired) electrons. The van der Waals surface area contributed by atoms with E-state index in [0.717, 1.165) is 12.5 Å². The van der Waals surface area contributed by atoms with Crippen LogP contribution in [0.15, 0.2) is 0 Å². The second kappa shape index (κ2) is 12.4. The molecule has 0 atom stereocenters. The molecule has 27 heavy (non-hydrogen) atoms. The maximum Gasteiger partial charge on any atom is 0.211 e. The average Bonchev–Trinajstić information content (AvgIpc) is 2.33. The maximum absolute atomic E-state index is 10.9. The SMILES string of the molecule is CC(C)(C)S(C)(=O)=O.CC(C)CCOC(C)C.CN(C(C)(C)C)S(C)(=O)=O. The van der Waals surface area contributed by atoms with Crippen LogP contribution in [0.3, 0.4) is 0 Å². The van der Waals surface area contributed by atoms with E-state index in [1.165, 1.54) is 23.2 Å². The van der Waals surface area contributed by atoms with Gasteiger partial charge in [0.2, 0.25) is 10.0 Å². The Labute approximate surface area is 170 Å². The molecule has 0 rings (SSSR count). The first-order valence-electron chi connectivity index (χ1n) is 9.28. The van der Waals surface area contributed by atoms with Crippen LogP contribution in [0.5, 0.6) is 0 Å². The second-order valence-corrected chi connectivity index (χ2v) is 14.2. The van der Waals surface area contributed by atoms with Crippen molar-refractivity contribution < 1.29 is 21.6 Å². The lowest BCUT2D eigenvalue weighted by atomic mass is 10.1. The molecular formula is C19H45NO5S2. The molecule has 0 aromatic rings. The van der Waals surface area contributed by atoms with E-state index in [0.29, 0.717) is 6.10 Å². The fourth-order valence-electron chi connectivity index (χ4n) is 1.04. The zero-order chi connectivity index (χ0) is 22.9. The van der Waals surface area contributed by atoms with Crippen molar-refractivity contribution in [2.75, 3.05) is 26.2 Å². The molecule has 0 heterocycles. The van der Waals surface area contributed by atoms with E-state index in [9.17, 15) is 16.8 Å².